The Morgan fingerprint density at radius 1 is 1.14 bits per heavy atom. The Bertz CT molecular complexity index is 652. The molecule has 0 aliphatic carbocycles. The van der Waals surface area contributed by atoms with E-state index < -0.39 is 0 Å². The Morgan fingerprint density at radius 3 is 2.50 bits per heavy atom. The van der Waals surface area contributed by atoms with Crippen LogP contribution in [0.5, 0.6) is 0 Å². The SMILES string of the molecule is CCCc1nnc(NC(=O)Cc2ccc(NC(C)=O)cc2)s1. The van der Waals surface area contributed by atoms with Gasteiger partial charge in [-0.2, -0.15) is 0 Å². The molecule has 2 N–H and O–H groups in total. The molecular formula is C15H18N4O2S. The molecule has 0 aliphatic rings. The Morgan fingerprint density at radius 2 is 1.86 bits per heavy atom. The fourth-order valence-electron chi connectivity index (χ4n) is 1.88. The van der Waals surface area contributed by atoms with Gasteiger partial charge in [0.05, 0.1) is 6.42 Å². The van der Waals surface area contributed by atoms with Crippen LogP contribution in [0.25, 0.3) is 0 Å². The van der Waals surface area contributed by atoms with Gasteiger partial charge in [0.15, 0.2) is 0 Å². The van der Waals surface area contributed by atoms with E-state index in [0.29, 0.717) is 10.8 Å². The monoisotopic (exact) mass is 318 g/mol. The van der Waals surface area contributed by atoms with Crippen LogP contribution in [0.3, 0.4) is 0 Å². The Hall–Kier alpha value is -2.28. The van der Waals surface area contributed by atoms with Gasteiger partial charge in [-0.05, 0) is 24.1 Å². The molecular weight excluding hydrogens is 300 g/mol. The number of hydrogen-bond acceptors (Lipinski definition) is 5. The minimum Gasteiger partial charge on any atom is -0.326 e. The summed E-state index contributed by atoms with van der Waals surface area (Å²) in [6.07, 6.45) is 2.13. The molecule has 0 atom stereocenters. The summed E-state index contributed by atoms with van der Waals surface area (Å²) in [7, 11) is 0. The van der Waals surface area contributed by atoms with Crippen molar-refractivity contribution >= 4 is 34.0 Å². The highest BCUT2D eigenvalue weighted by molar-refractivity contribution is 7.15. The predicted octanol–water partition coefficient (Wildman–Crippen LogP) is 2.63. The van der Waals surface area contributed by atoms with Crippen LogP contribution in [0.2, 0.25) is 0 Å². The highest BCUT2D eigenvalue weighted by Gasteiger charge is 2.08. The molecule has 0 fully saturated rings. The molecule has 1 aromatic carbocycles. The Kier molecular flexibility index (Phi) is 5.60. The largest absolute Gasteiger partial charge is 0.326 e. The van der Waals surface area contributed by atoms with Gasteiger partial charge in [0.2, 0.25) is 16.9 Å². The molecule has 0 bridgehead atoms. The van der Waals surface area contributed by atoms with E-state index in [1.54, 1.807) is 12.1 Å². The van der Waals surface area contributed by atoms with E-state index >= 15 is 0 Å². The fraction of sp³-hybridized carbons (Fsp3) is 0.333. The second-order valence-corrected chi connectivity index (χ2v) is 5.92. The molecule has 6 nitrogen and oxygen atoms in total. The molecule has 7 heteroatoms. The molecule has 0 unspecified atom stereocenters. The van der Waals surface area contributed by atoms with Crippen LogP contribution < -0.4 is 10.6 Å². The van der Waals surface area contributed by atoms with Crippen molar-refractivity contribution in [2.24, 2.45) is 0 Å². The normalized spacial score (nSPS) is 10.3. The van der Waals surface area contributed by atoms with E-state index in [1.165, 1.54) is 18.3 Å². The lowest BCUT2D eigenvalue weighted by atomic mass is 10.1. The second kappa shape index (κ2) is 7.65. The van der Waals surface area contributed by atoms with E-state index in [0.717, 1.165) is 23.4 Å². The van der Waals surface area contributed by atoms with Gasteiger partial charge in [-0.25, -0.2) is 0 Å². The Balaban J connectivity index is 1.89. The van der Waals surface area contributed by atoms with Crippen molar-refractivity contribution in [3.05, 3.63) is 34.8 Å². The average molecular weight is 318 g/mol. The van der Waals surface area contributed by atoms with Gasteiger partial charge < -0.3 is 10.6 Å². The lowest BCUT2D eigenvalue weighted by molar-refractivity contribution is -0.116. The molecule has 0 saturated heterocycles. The number of nitrogens with zero attached hydrogens (tertiary/aromatic N) is 2. The summed E-state index contributed by atoms with van der Waals surface area (Å²) in [4.78, 5) is 22.9. The number of aromatic nitrogens is 2. The zero-order valence-corrected chi connectivity index (χ0v) is 13.4. The Labute approximate surface area is 133 Å². The first-order chi connectivity index (χ1) is 10.6. The van der Waals surface area contributed by atoms with Gasteiger partial charge >= 0.3 is 0 Å². The number of hydrogen-bond donors (Lipinski definition) is 2. The zero-order valence-electron chi connectivity index (χ0n) is 12.5. The van der Waals surface area contributed by atoms with Gasteiger partial charge in [-0.3, -0.25) is 9.59 Å². The van der Waals surface area contributed by atoms with Crippen LogP contribution in [0.1, 0.15) is 30.8 Å². The summed E-state index contributed by atoms with van der Waals surface area (Å²) in [5.41, 5.74) is 1.58. The number of amides is 2. The highest BCUT2D eigenvalue weighted by Crippen LogP contribution is 2.17. The average Bonchev–Trinajstić information content (AvgIpc) is 2.88. The third-order valence-electron chi connectivity index (χ3n) is 2.82. The summed E-state index contributed by atoms with van der Waals surface area (Å²) >= 11 is 1.40. The van der Waals surface area contributed by atoms with E-state index in [9.17, 15) is 9.59 Å². The first-order valence-corrected chi connectivity index (χ1v) is 7.87. The fourth-order valence-corrected chi connectivity index (χ4v) is 2.73. The van der Waals surface area contributed by atoms with E-state index in [4.69, 9.17) is 0 Å². The third kappa shape index (κ3) is 4.92. The van der Waals surface area contributed by atoms with Crippen LogP contribution in [-0.4, -0.2) is 22.0 Å². The molecule has 2 aromatic rings. The highest BCUT2D eigenvalue weighted by atomic mass is 32.1. The minimum atomic E-state index is -0.133. The first kappa shape index (κ1) is 16.1. The maximum absolute atomic E-state index is 12.0. The standard InChI is InChI=1S/C15H18N4O2S/c1-3-4-14-18-19-15(22-14)17-13(21)9-11-5-7-12(8-6-11)16-10(2)20/h5-8H,3-4,9H2,1-2H3,(H,16,20)(H,17,19,21). The summed E-state index contributed by atoms with van der Waals surface area (Å²) in [6, 6.07) is 7.17. The van der Waals surface area contributed by atoms with Crippen LogP contribution in [0.4, 0.5) is 10.8 Å². The number of aryl methyl sites for hydroxylation is 1. The molecule has 22 heavy (non-hydrogen) atoms. The van der Waals surface area contributed by atoms with Crippen LogP contribution in [0, 0.1) is 0 Å². The van der Waals surface area contributed by atoms with E-state index in [1.807, 2.05) is 12.1 Å². The van der Waals surface area contributed by atoms with Gasteiger partial charge in [-0.1, -0.05) is 30.4 Å². The zero-order chi connectivity index (χ0) is 15.9. The van der Waals surface area contributed by atoms with Gasteiger partial charge in [0.25, 0.3) is 0 Å². The summed E-state index contributed by atoms with van der Waals surface area (Å²) in [5.74, 6) is -0.254. The van der Waals surface area contributed by atoms with Crippen molar-refractivity contribution in [2.75, 3.05) is 10.6 Å². The number of benzene rings is 1. The first-order valence-electron chi connectivity index (χ1n) is 7.05. The van der Waals surface area contributed by atoms with Crippen LogP contribution >= 0.6 is 11.3 Å². The topological polar surface area (TPSA) is 84.0 Å². The lowest BCUT2D eigenvalue weighted by Gasteiger charge is -2.04. The number of nitrogens with one attached hydrogen (secondary N) is 2. The molecule has 2 rings (SSSR count). The van der Waals surface area contributed by atoms with Crippen molar-refractivity contribution < 1.29 is 9.59 Å². The van der Waals surface area contributed by atoms with Crippen molar-refractivity contribution in [3.8, 4) is 0 Å². The van der Waals surface area contributed by atoms with Crippen molar-refractivity contribution in [1.82, 2.24) is 10.2 Å². The number of carbonyl (C=O) groups excluding carboxylic acids is 2. The minimum absolute atomic E-state index is 0.121. The molecule has 2 amide bonds. The molecule has 116 valence electrons. The number of rotatable bonds is 6. The van der Waals surface area contributed by atoms with Gasteiger partial charge in [0.1, 0.15) is 5.01 Å². The molecule has 0 saturated carbocycles. The van der Waals surface area contributed by atoms with Crippen molar-refractivity contribution in [2.45, 2.75) is 33.1 Å². The van der Waals surface area contributed by atoms with Crippen LogP contribution in [0.15, 0.2) is 24.3 Å². The molecule has 0 radical (unpaired) electrons. The quantitative estimate of drug-likeness (QED) is 0.857. The van der Waals surface area contributed by atoms with Crippen LogP contribution in [-0.2, 0) is 22.4 Å². The third-order valence-corrected chi connectivity index (χ3v) is 3.71. The van der Waals surface area contributed by atoms with Crippen molar-refractivity contribution in [3.63, 3.8) is 0 Å². The van der Waals surface area contributed by atoms with Gasteiger partial charge in [-0.15, -0.1) is 10.2 Å². The smallest absolute Gasteiger partial charge is 0.230 e. The summed E-state index contributed by atoms with van der Waals surface area (Å²) in [6.45, 7) is 3.53. The van der Waals surface area contributed by atoms with Gasteiger partial charge in [0, 0.05) is 19.0 Å². The summed E-state index contributed by atoms with van der Waals surface area (Å²) < 4.78 is 0. The summed E-state index contributed by atoms with van der Waals surface area (Å²) in [5, 5.41) is 14.9. The van der Waals surface area contributed by atoms with E-state index in [2.05, 4.69) is 27.8 Å². The number of anilines is 2. The molecule has 1 heterocycles. The van der Waals surface area contributed by atoms with Crippen molar-refractivity contribution in [1.29, 1.82) is 0 Å². The van der Waals surface area contributed by atoms with E-state index in [-0.39, 0.29) is 18.2 Å². The predicted molar refractivity (Wildman–Crippen MR) is 87.0 cm³/mol. The number of carbonyl (C=O) groups is 2. The molecule has 0 aliphatic heterocycles. The second-order valence-electron chi connectivity index (χ2n) is 4.85. The maximum Gasteiger partial charge on any atom is 0.230 e. The maximum atomic E-state index is 12.0. The molecule has 1 aromatic heterocycles. The molecule has 0 spiro atoms. The lowest BCUT2D eigenvalue weighted by Crippen LogP contribution is -2.14.